The largest absolute Gasteiger partial charge is 0.463 e. The van der Waals surface area contributed by atoms with Crippen LogP contribution in [0.25, 0.3) is 0 Å². The van der Waals surface area contributed by atoms with Crippen molar-refractivity contribution in [2.45, 2.75) is 6.54 Å². The van der Waals surface area contributed by atoms with Crippen LogP contribution in [0.1, 0.15) is 16.3 Å². The molecule has 0 aliphatic heterocycles. The smallest absolute Gasteiger partial charge is 0.373 e. The third-order valence-electron chi connectivity index (χ3n) is 2.24. The molecule has 1 N–H and O–H groups in total. The van der Waals surface area contributed by atoms with Gasteiger partial charge in [-0.1, -0.05) is 0 Å². The molecule has 5 nitrogen and oxygen atoms in total. The lowest BCUT2D eigenvalue weighted by atomic mass is 10.4. The minimum atomic E-state index is -0.536. The topological polar surface area (TPSA) is 64.4 Å². The van der Waals surface area contributed by atoms with Crippen LogP contribution in [0.2, 0.25) is 0 Å². The fourth-order valence-electron chi connectivity index (χ4n) is 1.35. The van der Waals surface area contributed by atoms with Crippen LogP contribution in [0.3, 0.4) is 0 Å². The summed E-state index contributed by atoms with van der Waals surface area (Å²) in [7, 11) is 1.28. The molecule has 0 fully saturated rings. The summed E-state index contributed by atoms with van der Waals surface area (Å²) in [6.07, 6.45) is 1.37. The molecule has 0 radical (unpaired) electrons. The summed E-state index contributed by atoms with van der Waals surface area (Å²) >= 11 is 0. The lowest BCUT2D eigenvalue weighted by Gasteiger charge is -2.03. The van der Waals surface area contributed by atoms with E-state index in [0.717, 1.165) is 0 Å². The number of methoxy groups -OCH3 is 1. The second-order valence-corrected chi connectivity index (χ2v) is 3.48. The zero-order chi connectivity index (χ0) is 13.0. The molecule has 0 amide bonds. The standard InChI is InChI=1S/C12H11FN2O3/c1-17-12(16)10-4-3-9(18-10)7-14-8-2-5-11(13)15-6-8/h2-6,14H,7H2,1H3. The van der Waals surface area contributed by atoms with E-state index in [-0.39, 0.29) is 5.76 Å². The highest BCUT2D eigenvalue weighted by Gasteiger charge is 2.10. The number of carbonyl (C=O) groups is 1. The average Bonchev–Trinajstić information content (AvgIpc) is 2.86. The molecule has 0 atom stereocenters. The van der Waals surface area contributed by atoms with E-state index in [1.807, 2.05) is 0 Å². The van der Waals surface area contributed by atoms with Crippen LogP contribution in [0.15, 0.2) is 34.9 Å². The Morgan fingerprint density at radius 3 is 2.94 bits per heavy atom. The molecule has 0 spiro atoms. The fourth-order valence-corrected chi connectivity index (χ4v) is 1.35. The number of esters is 1. The molecule has 2 aromatic heterocycles. The number of carbonyl (C=O) groups excluding carboxylic acids is 1. The van der Waals surface area contributed by atoms with Gasteiger partial charge in [0.1, 0.15) is 5.76 Å². The van der Waals surface area contributed by atoms with Crippen LogP contribution < -0.4 is 5.32 Å². The van der Waals surface area contributed by atoms with Gasteiger partial charge in [0.25, 0.3) is 0 Å². The maximum atomic E-state index is 12.6. The Labute approximate surface area is 103 Å². The molecule has 2 aromatic rings. The quantitative estimate of drug-likeness (QED) is 0.665. The molecule has 6 heteroatoms. The van der Waals surface area contributed by atoms with E-state index in [1.54, 1.807) is 12.1 Å². The van der Waals surface area contributed by atoms with E-state index >= 15 is 0 Å². The first-order chi connectivity index (χ1) is 8.69. The van der Waals surface area contributed by atoms with E-state index in [1.165, 1.54) is 25.4 Å². The number of halogens is 1. The average molecular weight is 250 g/mol. The highest BCUT2D eigenvalue weighted by molar-refractivity contribution is 5.86. The van der Waals surface area contributed by atoms with Crippen molar-refractivity contribution in [2.24, 2.45) is 0 Å². The van der Waals surface area contributed by atoms with Gasteiger partial charge in [0.15, 0.2) is 0 Å². The van der Waals surface area contributed by atoms with Gasteiger partial charge in [-0.3, -0.25) is 0 Å². The number of nitrogens with zero attached hydrogens (tertiary/aromatic N) is 1. The molecule has 0 bridgehead atoms. The summed E-state index contributed by atoms with van der Waals surface area (Å²) in [5.41, 5.74) is 0.660. The Morgan fingerprint density at radius 1 is 1.44 bits per heavy atom. The molecule has 0 saturated heterocycles. The molecule has 0 saturated carbocycles. The van der Waals surface area contributed by atoms with Gasteiger partial charge >= 0.3 is 5.97 Å². The minimum Gasteiger partial charge on any atom is -0.463 e. The summed E-state index contributed by atoms with van der Waals surface area (Å²) < 4.78 is 22.3. The van der Waals surface area contributed by atoms with Crippen molar-refractivity contribution in [3.05, 3.63) is 47.9 Å². The van der Waals surface area contributed by atoms with Crippen molar-refractivity contribution in [3.8, 4) is 0 Å². The molecule has 18 heavy (non-hydrogen) atoms. The van der Waals surface area contributed by atoms with Gasteiger partial charge in [0.05, 0.1) is 25.5 Å². The van der Waals surface area contributed by atoms with Crippen molar-refractivity contribution in [1.82, 2.24) is 4.98 Å². The van der Waals surface area contributed by atoms with Gasteiger partial charge in [0.2, 0.25) is 11.7 Å². The van der Waals surface area contributed by atoms with Crippen molar-refractivity contribution >= 4 is 11.7 Å². The predicted octanol–water partition coefficient (Wildman–Crippen LogP) is 2.21. The van der Waals surface area contributed by atoms with Crippen molar-refractivity contribution in [2.75, 3.05) is 12.4 Å². The SMILES string of the molecule is COC(=O)c1ccc(CNc2ccc(F)nc2)o1. The predicted molar refractivity (Wildman–Crippen MR) is 61.6 cm³/mol. The third kappa shape index (κ3) is 2.85. The summed E-state index contributed by atoms with van der Waals surface area (Å²) in [6.45, 7) is 0.365. The summed E-state index contributed by atoms with van der Waals surface area (Å²) in [5.74, 6) is -0.345. The molecule has 2 rings (SSSR count). The third-order valence-corrected chi connectivity index (χ3v) is 2.24. The number of rotatable bonds is 4. The van der Waals surface area contributed by atoms with Crippen molar-refractivity contribution in [1.29, 1.82) is 0 Å². The monoisotopic (exact) mass is 250 g/mol. The van der Waals surface area contributed by atoms with E-state index in [4.69, 9.17) is 4.42 Å². The fraction of sp³-hybridized carbons (Fsp3) is 0.167. The van der Waals surface area contributed by atoms with Crippen LogP contribution in [0.5, 0.6) is 0 Å². The maximum absolute atomic E-state index is 12.6. The highest BCUT2D eigenvalue weighted by atomic mass is 19.1. The molecular formula is C12H11FN2O3. The number of nitrogens with one attached hydrogen (secondary N) is 1. The maximum Gasteiger partial charge on any atom is 0.373 e. The first-order valence-electron chi connectivity index (χ1n) is 5.21. The Morgan fingerprint density at radius 2 is 2.28 bits per heavy atom. The first-order valence-corrected chi connectivity index (χ1v) is 5.21. The van der Waals surface area contributed by atoms with Crippen molar-refractivity contribution < 1.29 is 18.3 Å². The van der Waals surface area contributed by atoms with E-state index < -0.39 is 11.9 Å². The van der Waals surface area contributed by atoms with Gasteiger partial charge in [-0.05, 0) is 24.3 Å². The lowest BCUT2D eigenvalue weighted by Crippen LogP contribution is -2.00. The number of hydrogen-bond donors (Lipinski definition) is 1. The summed E-state index contributed by atoms with van der Waals surface area (Å²) in [5, 5.41) is 2.98. The molecule has 0 aromatic carbocycles. The first kappa shape index (κ1) is 12.1. The molecule has 0 aliphatic carbocycles. The van der Waals surface area contributed by atoms with Crippen LogP contribution in [-0.2, 0) is 11.3 Å². The van der Waals surface area contributed by atoms with Gasteiger partial charge in [0, 0.05) is 0 Å². The highest BCUT2D eigenvalue weighted by Crippen LogP contribution is 2.12. The molecule has 0 unspecified atom stereocenters. The Balaban J connectivity index is 1.96. The van der Waals surface area contributed by atoms with Crippen LogP contribution in [0.4, 0.5) is 10.1 Å². The van der Waals surface area contributed by atoms with Gasteiger partial charge in [-0.25, -0.2) is 9.78 Å². The second-order valence-electron chi connectivity index (χ2n) is 3.48. The van der Waals surface area contributed by atoms with Crippen LogP contribution in [0, 0.1) is 5.95 Å². The molecule has 94 valence electrons. The van der Waals surface area contributed by atoms with E-state index in [0.29, 0.717) is 18.0 Å². The molecule has 0 aliphatic rings. The number of anilines is 1. The number of hydrogen-bond acceptors (Lipinski definition) is 5. The van der Waals surface area contributed by atoms with E-state index in [2.05, 4.69) is 15.0 Å². The number of ether oxygens (including phenoxy) is 1. The Kier molecular flexibility index (Phi) is 3.57. The number of aromatic nitrogens is 1. The Hall–Kier alpha value is -2.37. The zero-order valence-electron chi connectivity index (χ0n) is 9.64. The van der Waals surface area contributed by atoms with Crippen LogP contribution >= 0.6 is 0 Å². The van der Waals surface area contributed by atoms with Gasteiger partial charge < -0.3 is 14.5 Å². The van der Waals surface area contributed by atoms with Gasteiger partial charge in [-0.2, -0.15) is 4.39 Å². The van der Waals surface area contributed by atoms with E-state index in [9.17, 15) is 9.18 Å². The van der Waals surface area contributed by atoms with Gasteiger partial charge in [-0.15, -0.1) is 0 Å². The molecular weight excluding hydrogens is 239 g/mol. The normalized spacial score (nSPS) is 10.1. The van der Waals surface area contributed by atoms with Crippen LogP contribution in [-0.4, -0.2) is 18.1 Å². The number of pyridine rings is 1. The summed E-state index contributed by atoms with van der Waals surface area (Å²) in [6, 6.07) is 6.01. The lowest BCUT2D eigenvalue weighted by molar-refractivity contribution is 0.0563. The second kappa shape index (κ2) is 5.31. The minimum absolute atomic E-state index is 0.145. The summed E-state index contributed by atoms with van der Waals surface area (Å²) in [4.78, 5) is 14.7. The number of furan rings is 1. The Bertz CT molecular complexity index is 537. The zero-order valence-corrected chi connectivity index (χ0v) is 9.64. The van der Waals surface area contributed by atoms with Crippen molar-refractivity contribution in [3.63, 3.8) is 0 Å². The molecule has 2 heterocycles.